The number of nitrogens with one attached hydrogen (secondary N) is 2. The van der Waals surface area contributed by atoms with Crippen LogP contribution in [-0.4, -0.2) is 64.5 Å². The summed E-state index contributed by atoms with van der Waals surface area (Å²) in [6.07, 6.45) is 3.32. The summed E-state index contributed by atoms with van der Waals surface area (Å²) < 4.78 is 16.5. The summed E-state index contributed by atoms with van der Waals surface area (Å²) in [5.74, 6) is -2.96. The number of carbonyl (C=O) groups is 4. The number of nitrogens with zero attached hydrogens (tertiary/aromatic N) is 2. The number of hydrogen-bond donors (Lipinski definition) is 2. The molecule has 1 aromatic carbocycles. The second-order valence-electron chi connectivity index (χ2n) is 10.8. The molecule has 1 fully saturated rings. The van der Waals surface area contributed by atoms with Gasteiger partial charge < -0.3 is 24.7 Å². The Morgan fingerprint density at radius 3 is 2.44 bits per heavy atom. The van der Waals surface area contributed by atoms with E-state index in [2.05, 4.69) is 20.6 Å². The number of aromatic nitrogens is 2. The zero-order valence-electron chi connectivity index (χ0n) is 22.9. The Bertz CT molecular complexity index is 1140. The Balaban J connectivity index is 1.74. The van der Waals surface area contributed by atoms with Crippen LogP contribution >= 0.6 is 0 Å². The molecule has 0 saturated carbocycles. The van der Waals surface area contributed by atoms with Crippen molar-refractivity contribution >= 4 is 30.9 Å². The van der Waals surface area contributed by atoms with E-state index in [4.69, 9.17) is 14.0 Å². The average Bonchev–Trinajstić information content (AvgIpc) is 3.22. The van der Waals surface area contributed by atoms with Crippen molar-refractivity contribution in [1.82, 2.24) is 20.6 Å². The van der Waals surface area contributed by atoms with E-state index in [-0.39, 0.29) is 24.5 Å². The Morgan fingerprint density at radius 2 is 1.82 bits per heavy atom. The molecule has 1 saturated heterocycles. The number of rotatable bonds is 11. The molecular formula is C27H35BN4O7. The van der Waals surface area contributed by atoms with Gasteiger partial charge in [0.05, 0.1) is 18.6 Å². The first-order chi connectivity index (χ1) is 18.4. The maximum Gasteiger partial charge on any atom is 0.552 e. The molecule has 2 N–H and O–H groups in total. The van der Waals surface area contributed by atoms with Crippen molar-refractivity contribution in [1.29, 1.82) is 0 Å². The SMILES string of the molecule is CC(C)CC(NC(=O)C(Cc1ccccc1)NC(=O)c1cnccn1)B1OC(=O)[C@H](CC(=O)OC(C)(C)C)O1. The molecule has 1 aliphatic heterocycles. The third-order valence-electron chi connectivity index (χ3n) is 5.65. The lowest BCUT2D eigenvalue weighted by Gasteiger charge is -2.25. The molecule has 2 amide bonds. The summed E-state index contributed by atoms with van der Waals surface area (Å²) in [7, 11) is -1.11. The summed E-state index contributed by atoms with van der Waals surface area (Å²) in [6.45, 7) is 9.08. The minimum Gasteiger partial charge on any atom is -0.506 e. The molecule has 0 spiro atoms. The minimum absolute atomic E-state index is 0.0696. The van der Waals surface area contributed by atoms with Crippen molar-refractivity contribution in [2.24, 2.45) is 5.92 Å². The summed E-state index contributed by atoms with van der Waals surface area (Å²) in [5, 5.41) is 5.62. The van der Waals surface area contributed by atoms with Crippen molar-refractivity contribution in [3.8, 4) is 0 Å². The van der Waals surface area contributed by atoms with Crippen LogP contribution in [0.25, 0.3) is 0 Å². The molecule has 0 bridgehead atoms. The summed E-state index contributed by atoms with van der Waals surface area (Å²) in [5.41, 5.74) is 0.190. The topological polar surface area (TPSA) is 146 Å². The molecular weight excluding hydrogens is 503 g/mol. The number of esters is 1. The van der Waals surface area contributed by atoms with Crippen LogP contribution in [0.2, 0.25) is 0 Å². The zero-order valence-corrected chi connectivity index (χ0v) is 22.9. The lowest BCUT2D eigenvalue weighted by molar-refractivity contribution is -0.158. The molecule has 1 aliphatic rings. The lowest BCUT2D eigenvalue weighted by atomic mass is 9.74. The first kappa shape index (κ1) is 29.8. The Kier molecular flexibility index (Phi) is 10.2. The van der Waals surface area contributed by atoms with Gasteiger partial charge in [-0.15, -0.1) is 0 Å². The van der Waals surface area contributed by atoms with Crippen molar-refractivity contribution in [2.45, 2.75) is 77.6 Å². The molecule has 2 aromatic rings. The van der Waals surface area contributed by atoms with E-state index in [9.17, 15) is 19.2 Å². The van der Waals surface area contributed by atoms with E-state index in [0.717, 1.165) is 5.56 Å². The monoisotopic (exact) mass is 538 g/mol. The van der Waals surface area contributed by atoms with Crippen LogP contribution in [0.15, 0.2) is 48.9 Å². The number of benzene rings is 1. The van der Waals surface area contributed by atoms with Gasteiger partial charge in [-0.2, -0.15) is 0 Å². The standard InChI is InChI=1S/C27H35BN4O7/c1-17(2)13-22(28-38-21(26(36)39-28)15-23(33)37-27(3,4)5)32-24(34)19(14-18-9-7-6-8-10-18)31-25(35)20-16-29-11-12-30-20/h6-12,16-17,19,21-22H,13-15H2,1-5H3,(H,31,35)(H,32,34)/t19?,21-,22?/m0/s1. The van der Waals surface area contributed by atoms with Crippen LogP contribution in [0.3, 0.4) is 0 Å². The zero-order chi connectivity index (χ0) is 28.6. The van der Waals surface area contributed by atoms with Gasteiger partial charge in [-0.1, -0.05) is 44.2 Å². The van der Waals surface area contributed by atoms with Gasteiger partial charge in [0, 0.05) is 18.8 Å². The van der Waals surface area contributed by atoms with Gasteiger partial charge in [0.1, 0.15) is 17.3 Å². The van der Waals surface area contributed by atoms with E-state index in [1.807, 2.05) is 44.2 Å². The predicted octanol–water partition coefficient (Wildman–Crippen LogP) is 2.05. The molecule has 12 heteroatoms. The highest BCUT2D eigenvalue weighted by Gasteiger charge is 2.47. The van der Waals surface area contributed by atoms with Crippen LogP contribution in [0.4, 0.5) is 0 Å². The number of ether oxygens (including phenoxy) is 1. The highest BCUT2D eigenvalue weighted by Crippen LogP contribution is 2.21. The summed E-state index contributed by atoms with van der Waals surface area (Å²) in [4.78, 5) is 59.0. The first-order valence-electron chi connectivity index (χ1n) is 12.9. The largest absolute Gasteiger partial charge is 0.552 e. The molecule has 1 aromatic heterocycles. The second kappa shape index (κ2) is 13.3. The maximum absolute atomic E-state index is 13.5. The van der Waals surface area contributed by atoms with Gasteiger partial charge in [0.2, 0.25) is 5.91 Å². The molecule has 208 valence electrons. The molecule has 0 radical (unpaired) electrons. The third kappa shape index (κ3) is 9.47. The summed E-state index contributed by atoms with van der Waals surface area (Å²) in [6, 6.07) is 8.27. The van der Waals surface area contributed by atoms with E-state index >= 15 is 0 Å². The van der Waals surface area contributed by atoms with Gasteiger partial charge in [-0.25, -0.2) is 4.98 Å². The number of carbonyl (C=O) groups excluding carboxylic acids is 4. The van der Waals surface area contributed by atoms with E-state index in [1.165, 1.54) is 18.6 Å². The molecule has 3 rings (SSSR count). The van der Waals surface area contributed by atoms with Gasteiger partial charge in [0.25, 0.3) is 5.91 Å². The molecule has 11 nitrogen and oxygen atoms in total. The van der Waals surface area contributed by atoms with Crippen molar-refractivity contribution in [2.75, 3.05) is 0 Å². The van der Waals surface area contributed by atoms with Gasteiger partial charge in [-0.3, -0.25) is 24.2 Å². The van der Waals surface area contributed by atoms with Crippen LogP contribution in [0.1, 0.15) is 63.5 Å². The lowest BCUT2D eigenvalue weighted by Crippen LogP contribution is -2.55. The fraction of sp³-hybridized carbons (Fsp3) is 0.481. The highest BCUT2D eigenvalue weighted by atomic mass is 16.7. The maximum atomic E-state index is 13.5. The number of amides is 2. The third-order valence-corrected chi connectivity index (χ3v) is 5.65. The van der Waals surface area contributed by atoms with Crippen LogP contribution in [0.5, 0.6) is 0 Å². The fourth-order valence-electron chi connectivity index (χ4n) is 4.02. The highest BCUT2D eigenvalue weighted by molar-refractivity contribution is 6.51. The second-order valence-corrected chi connectivity index (χ2v) is 10.8. The van der Waals surface area contributed by atoms with Crippen molar-refractivity contribution < 1.29 is 33.2 Å². The average molecular weight is 538 g/mol. The van der Waals surface area contributed by atoms with Crippen molar-refractivity contribution in [3.05, 3.63) is 60.2 Å². The van der Waals surface area contributed by atoms with E-state index in [1.54, 1.807) is 20.8 Å². The predicted molar refractivity (Wildman–Crippen MR) is 142 cm³/mol. The van der Waals surface area contributed by atoms with Crippen molar-refractivity contribution in [3.63, 3.8) is 0 Å². The smallest absolute Gasteiger partial charge is 0.506 e. The number of hydrogen-bond acceptors (Lipinski definition) is 9. The molecule has 3 atom stereocenters. The van der Waals surface area contributed by atoms with Gasteiger partial charge in [-0.05, 0) is 38.7 Å². The van der Waals surface area contributed by atoms with Crippen LogP contribution in [-0.2, 0) is 34.9 Å². The Hall–Kier alpha value is -3.80. The van der Waals surface area contributed by atoms with E-state index in [0.29, 0.717) is 6.42 Å². The van der Waals surface area contributed by atoms with Crippen LogP contribution < -0.4 is 10.6 Å². The molecule has 2 unspecified atom stereocenters. The molecule has 0 aliphatic carbocycles. The Labute approximate surface area is 228 Å². The first-order valence-corrected chi connectivity index (χ1v) is 12.9. The summed E-state index contributed by atoms with van der Waals surface area (Å²) >= 11 is 0. The molecule has 2 heterocycles. The Morgan fingerprint density at radius 1 is 1.10 bits per heavy atom. The van der Waals surface area contributed by atoms with Gasteiger partial charge in [0.15, 0.2) is 6.10 Å². The molecule has 39 heavy (non-hydrogen) atoms. The quantitative estimate of drug-likeness (QED) is 0.324. The fourth-order valence-corrected chi connectivity index (χ4v) is 4.02. The van der Waals surface area contributed by atoms with E-state index < -0.39 is 54.6 Å². The minimum atomic E-state index is -1.15. The van der Waals surface area contributed by atoms with Gasteiger partial charge >= 0.3 is 19.1 Å². The van der Waals surface area contributed by atoms with Crippen LogP contribution in [0, 0.1) is 5.92 Å². The normalized spacial score (nSPS) is 16.8.